The fraction of sp³-hybridized carbons (Fsp3) is 0.412. The maximum atomic E-state index is 12.2. The minimum atomic E-state index is -4.16. The number of rotatable bonds is 8. The van der Waals surface area contributed by atoms with Gasteiger partial charge in [-0.25, -0.2) is 4.79 Å². The van der Waals surface area contributed by atoms with Crippen molar-refractivity contribution in [1.29, 1.82) is 0 Å². The van der Waals surface area contributed by atoms with Gasteiger partial charge in [0.25, 0.3) is 10.1 Å². The number of H-pyrrole nitrogens is 1. The maximum absolute atomic E-state index is 12.2. The fourth-order valence-corrected chi connectivity index (χ4v) is 3.35. The van der Waals surface area contributed by atoms with Gasteiger partial charge >= 0.3 is 11.9 Å². The molecule has 0 aliphatic carbocycles. The molecule has 0 spiro atoms. The molecule has 0 aliphatic heterocycles. The summed E-state index contributed by atoms with van der Waals surface area (Å²) < 4.78 is 40.8. The zero-order chi connectivity index (χ0) is 19.3. The number of hydrogen-bond donors (Lipinski definition) is 2. The highest BCUT2D eigenvalue weighted by atomic mass is 32.2. The lowest BCUT2D eigenvalue weighted by Crippen LogP contribution is -2.08. The summed E-state index contributed by atoms with van der Waals surface area (Å²) in [6.07, 6.45) is 1.14. The van der Waals surface area contributed by atoms with Gasteiger partial charge in [-0.05, 0) is 37.0 Å². The van der Waals surface area contributed by atoms with Gasteiger partial charge in [0.15, 0.2) is 0 Å². The van der Waals surface area contributed by atoms with E-state index < -0.39 is 21.8 Å². The van der Waals surface area contributed by atoms with E-state index in [0.717, 1.165) is 5.39 Å². The normalized spacial score (nSPS) is 11.5. The number of ether oxygens (including phenoxy) is 2. The molecule has 0 radical (unpaired) electrons. The summed E-state index contributed by atoms with van der Waals surface area (Å²) in [5, 5.41) is 0.733. The van der Waals surface area contributed by atoms with Crippen molar-refractivity contribution >= 4 is 33.0 Å². The van der Waals surface area contributed by atoms with Gasteiger partial charge in [0.05, 0.1) is 13.7 Å². The van der Waals surface area contributed by atoms with Crippen molar-refractivity contribution in [2.75, 3.05) is 13.7 Å². The number of carbonyl (C=O) groups excluding carboxylic acids is 2. The zero-order valence-corrected chi connectivity index (χ0v) is 15.4. The topological polar surface area (TPSA) is 123 Å². The Kier molecular flexibility index (Phi) is 6.38. The summed E-state index contributed by atoms with van der Waals surface area (Å²) in [6, 6.07) is 4.82. The van der Waals surface area contributed by atoms with Crippen LogP contribution in [0.3, 0.4) is 0 Å². The number of aryl methyl sites for hydroxylation is 1. The molecule has 2 N–H and O–H groups in total. The van der Waals surface area contributed by atoms with Gasteiger partial charge in [-0.15, -0.1) is 0 Å². The SMILES string of the molecule is CCOC(=O)c1[nH]c2cc(CS(=O)(=O)O)ccc2c1CCCC(=O)OC. The Morgan fingerprint density at radius 1 is 1.27 bits per heavy atom. The zero-order valence-electron chi connectivity index (χ0n) is 14.6. The number of esters is 2. The molecule has 26 heavy (non-hydrogen) atoms. The quantitative estimate of drug-likeness (QED) is 0.529. The van der Waals surface area contributed by atoms with Crippen LogP contribution in [-0.4, -0.2) is 43.6 Å². The monoisotopic (exact) mass is 383 g/mol. The lowest BCUT2D eigenvalue weighted by molar-refractivity contribution is -0.140. The van der Waals surface area contributed by atoms with E-state index in [1.54, 1.807) is 25.1 Å². The number of benzene rings is 1. The van der Waals surface area contributed by atoms with Gasteiger partial charge in [0, 0.05) is 17.3 Å². The third kappa shape index (κ3) is 5.06. The Labute approximate surface area is 151 Å². The summed E-state index contributed by atoms with van der Waals surface area (Å²) in [4.78, 5) is 26.5. The highest BCUT2D eigenvalue weighted by molar-refractivity contribution is 7.85. The molecule has 0 aliphatic rings. The first-order chi connectivity index (χ1) is 12.2. The summed E-state index contributed by atoms with van der Waals surface area (Å²) in [6.45, 7) is 1.91. The molecule has 0 unspecified atom stereocenters. The molecule has 142 valence electrons. The Morgan fingerprint density at radius 3 is 2.62 bits per heavy atom. The van der Waals surface area contributed by atoms with E-state index in [1.165, 1.54) is 7.11 Å². The summed E-state index contributed by atoms with van der Waals surface area (Å²) in [5.74, 6) is -1.37. The number of hydrogen-bond acceptors (Lipinski definition) is 6. The van der Waals surface area contributed by atoms with Crippen LogP contribution in [0.25, 0.3) is 10.9 Å². The largest absolute Gasteiger partial charge is 0.469 e. The smallest absolute Gasteiger partial charge is 0.355 e. The molecule has 1 aromatic carbocycles. The van der Waals surface area contributed by atoms with Crippen molar-refractivity contribution in [3.63, 3.8) is 0 Å². The predicted molar refractivity (Wildman–Crippen MR) is 94.5 cm³/mol. The first-order valence-electron chi connectivity index (χ1n) is 8.07. The van der Waals surface area contributed by atoms with Gasteiger partial charge in [-0.3, -0.25) is 9.35 Å². The van der Waals surface area contributed by atoms with Crippen LogP contribution in [-0.2, 0) is 36.6 Å². The van der Waals surface area contributed by atoms with Crippen molar-refractivity contribution in [3.05, 3.63) is 35.0 Å². The molecule has 0 atom stereocenters. The van der Waals surface area contributed by atoms with Crippen LogP contribution in [0.1, 0.15) is 41.4 Å². The number of methoxy groups -OCH3 is 1. The van der Waals surface area contributed by atoms with Gasteiger partial charge in [-0.1, -0.05) is 12.1 Å². The minimum absolute atomic E-state index is 0.212. The molecule has 0 bridgehead atoms. The van der Waals surface area contributed by atoms with Gasteiger partial charge in [-0.2, -0.15) is 8.42 Å². The number of aromatic amines is 1. The minimum Gasteiger partial charge on any atom is -0.469 e. The summed E-state index contributed by atoms with van der Waals surface area (Å²) in [5.41, 5.74) is 1.91. The van der Waals surface area contributed by atoms with E-state index in [4.69, 9.17) is 9.29 Å². The molecule has 9 heteroatoms. The Balaban J connectivity index is 2.39. The van der Waals surface area contributed by atoms with Crippen molar-refractivity contribution < 1.29 is 32.0 Å². The summed E-state index contributed by atoms with van der Waals surface area (Å²) >= 11 is 0. The summed E-state index contributed by atoms with van der Waals surface area (Å²) in [7, 11) is -2.84. The second-order valence-corrected chi connectivity index (χ2v) is 7.19. The van der Waals surface area contributed by atoms with E-state index in [0.29, 0.717) is 29.5 Å². The molecular weight excluding hydrogens is 362 g/mol. The fourth-order valence-electron chi connectivity index (χ4n) is 2.75. The lowest BCUT2D eigenvalue weighted by atomic mass is 10.0. The second-order valence-electron chi connectivity index (χ2n) is 5.73. The maximum Gasteiger partial charge on any atom is 0.355 e. The lowest BCUT2D eigenvalue weighted by Gasteiger charge is -2.05. The van der Waals surface area contributed by atoms with Crippen LogP contribution in [0.4, 0.5) is 0 Å². The van der Waals surface area contributed by atoms with Crippen LogP contribution in [0.5, 0.6) is 0 Å². The van der Waals surface area contributed by atoms with Gasteiger partial charge in [0.2, 0.25) is 0 Å². The molecule has 1 heterocycles. The van der Waals surface area contributed by atoms with E-state index in [2.05, 4.69) is 9.72 Å². The number of carbonyl (C=O) groups is 2. The Hall–Kier alpha value is -2.39. The Morgan fingerprint density at radius 2 is 2.00 bits per heavy atom. The molecule has 0 amide bonds. The van der Waals surface area contributed by atoms with Crippen LogP contribution < -0.4 is 0 Å². The molecule has 2 aromatic rings. The molecule has 0 fully saturated rings. The molecule has 0 saturated carbocycles. The average molecular weight is 383 g/mol. The second kappa shape index (κ2) is 8.33. The number of aromatic nitrogens is 1. The van der Waals surface area contributed by atoms with Crippen LogP contribution in [0.15, 0.2) is 18.2 Å². The number of nitrogens with one attached hydrogen (secondary N) is 1. The van der Waals surface area contributed by atoms with Crippen molar-refractivity contribution in [2.24, 2.45) is 0 Å². The third-order valence-electron chi connectivity index (χ3n) is 3.83. The molecule has 8 nitrogen and oxygen atoms in total. The standard InChI is InChI=1S/C17H21NO7S/c1-3-25-17(20)16-13(5-4-6-15(19)24-2)12-8-7-11(9-14(12)18-16)10-26(21,22)23/h7-9,18H,3-6,10H2,1-2H3,(H,21,22,23). The van der Waals surface area contributed by atoms with Crippen molar-refractivity contribution in [1.82, 2.24) is 4.98 Å². The van der Waals surface area contributed by atoms with E-state index in [-0.39, 0.29) is 24.7 Å². The number of fused-ring (bicyclic) bond motifs is 1. The third-order valence-corrected chi connectivity index (χ3v) is 4.53. The van der Waals surface area contributed by atoms with Crippen molar-refractivity contribution in [2.45, 2.75) is 31.9 Å². The van der Waals surface area contributed by atoms with E-state index in [9.17, 15) is 18.0 Å². The van der Waals surface area contributed by atoms with Gasteiger partial charge < -0.3 is 14.5 Å². The molecule has 2 rings (SSSR count). The van der Waals surface area contributed by atoms with Crippen LogP contribution in [0, 0.1) is 0 Å². The van der Waals surface area contributed by atoms with Crippen molar-refractivity contribution in [3.8, 4) is 0 Å². The van der Waals surface area contributed by atoms with E-state index >= 15 is 0 Å². The molecular formula is C17H21NO7S. The molecule has 0 saturated heterocycles. The molecule has 1 aromatic heterocycles. The van der Waals surface area contributed by atoms with Crippen LogP contribution in [0.2, 0.25) is 0 Å². The predicted octanol–water partition coefficient (Wildman–Crippen LogP) is 2.23. The average Bonchev–Trinajstić information content (AvgIpc) is 2.91. The first-order valence-corrected chi connectivity index (χ1v) is 9.68. The van der Waals surface area contributed by atoms with Crippen LogP contribution >= 0.6 is 0 Å². The Bertz CT molecular complexity index is 915. The van der Waals surface area contributed by atoms with E-state index in [1.807, 2.05) is 0 Å². The highest BCUT2D eigenvalue weighted by Gasteiger charge is 2.20. The first kappa shape index (κ1) is 19.9. The van der Waals surface area contributed by atoms with Gasteiger partial charge in [0.1, 0.15) is 11.4 Å². The highest BCUT2D eigenvalue weighted by Crippen LogP contribution is 2.26.